The largest absolute Gasteiger partial charge is 0.497 e. The van der Waals surface area contributed by atoms with E-state index >= 15 is 0 Å². The van der Waals surface area contributed by atoms with Crippen LogP contribution in [0.2, 0.25) is 0 Å². The van der Waals surface area contributed by atoms with Crippen LogP contribution < -0.4 is 14.2 Å². The number of benzene rings is 3. The summed E-state index contributed by atoms with van der Waals surface area (Å²) in [5.74, 6) is 2.01. The first kappa shape index (κ1) is 22.4. The second-order valence-corrected chi connectivity index (χ2v) is 8.43. The molecule has 0 fully saturated rings. The van der Waals surface area contributed by atoms with Gasteiger partial charge in [0.1, 0.15) is 17.2 Å². The van der Waals surface area contributed by atoms with Gasteiger partial charge in [-0.15, -0.1) is 0 Å². The van der Waals surface area contributed by atoms with Gasteiger partial charge in [-0.25, -0.2) is 9.00 Å². The highest BCUT2D eigenvalue weighted by Crippen LogP contribution is 2.44. The molecule has 7 heteroatoms. The molecule has 1 aliphatic heterocycles. The lowest BCUT2D eigenvalue weighted by molar-refractivity contribution is -0.134. The maximum atomic E-state index is 13.5. The molecule has 1 heterocycles. The molecule has 0 aliphatic carbocycles. The number of carbonyl (C=O) groups excluding carboxylic acids is 1. The smallest absolute Gasteiger partial charge is 0.330 e. The third kappa shape index (κ3) is 4.68. The number of hydrogen-bond acceptors (Lipinski definition) is 6. The monoisotopic (exact) mass is 462 g/mol. The van der Waals surface area contributed by atoms with Crippen molar-refractivity contribution in [3.8, 4) is 17.2 Å². The summed E-state index contributed by atoms with van der Waals surface area (Å²) < 4.78 is 34.9. The van der Waals surface area contributed by atoms with Gasteiger partial charge < -0.3 is 18.9 Å². The molecule has 1 aliphatic rings. The van der Waals surface area contributed by atoms with Crippen LogP contribution in [0, 0.1) is 0 Å². The standard InChI is InChI=1S/C26H22O6S/c1-29-19-11-7-18(8-12-19)26-25(22-14-13-21(30-2)16-23(22)33(26)28)32-20-9-4-17(5-10-20)6-15-24(27)31-3/h4-16H,1-3H3. The first-order valence-electron chi connectivity index (χ1n) is 10.1. The fourth-order valence-corrected chi connectivity index (χ4v) is 4.84. The molecular weight excluding hydrogens is 440 g/mol. The highest BCUT2D eigenvalue weighted by molar-refractivity contribution is 7.95. The van der Waals surface area contributed by atoms with Gasteiger partial charge in [0.2, 0.25) is 0 Å². The molecule has 4 rings (SSSR count). The zero-order valence-corrected chi connectivity index (χ0v) is 19.2. The van der Waals surface area contributed by atoms with Gasteiger partial charge in [-0.05, 0) is 71.8 Å². The molecule has 0 saturated heterocycles. The van der Waals surface area contributed by atoms with Crippen LogP contribution in [0.25, 0.3) is 16.7 Å². The molecular formula is C26H22O6S. The molecule has 0 amide bonds. The van der Waals surface area contributed by atoms with Crippen molar-refractivity contribution in [2.45, 2.75) is 4.90 Å². The Labute approximate surface area is 194 Å². The third-order valence-electron chi connectivity index (χ3n) is 5.09. The summed E-state index contributed by atoms with van der Waals surface area (Å²) in [7, 11) is 3.05. The van der Waals surface area contributed by atoms with Gasteiger partial charge in [-0.3, -0.25) is 0 Å². The normalized spacial score (nSPS) is 14.8. The van der Waals surface area contributed by atoms with Gasteiger partial charge in [0.15, 0.2) is 5.76 Å². The SMILES string of the molecule is COC(=O)C=Cc1ccc(OC2=C(c3ccc(OC)cc3)S(=O)c3cc(OC)ccc32)cc1. The van der Waals surface area contributed by atoms with E-state index in [9.17, 15) is 9.00 Å². The van der Waals surface area contributed by atoms with E-state index in [1.165, 1.54) is 13.2 Å². The minimum Gasteiger partial charge on any atom is -0.497 e. The van der Waals surface area contributed by atoms with Crippen molar-refractivity contribution in [2.75, 3.05) is 21.3 Å². The van der Waals surface area contributed by atoms with Crippen LogP contribution in [-0.4, -0.2) is 31.5 Å². The predicted octanol–water partition coefficient (Wildman–Crippen LogP) is 4.92. The highest BCUT2D eigenvalue weighted by Gasteiger charge is 2.32. The van der Waals surface area contributed by atoms with Crippen LogP contribution in [0.5, 0.6) is 17.2 Å². The molecule has 1 unspecified atom stereocenters. The predicted molar refractivity (Wildman–Crippen MR) is 127 cm³/mol. The zero-order valence-electron chi connectivity index (χ0n) is 18.4. The Morgan fingerprint density at radius 1 is 0.818 bits per heavy atom. The van der Waals surface area contributed by atoms with Crippen molar-refractivity contribution >= 4 is 33.5 Å². The van der Waals surface area contributed by atoms with Crippen LogP contribution in [-0.2, 0) is 20.3 Å². The second kappa shape index (κ2) is 9.75. The summed E-state index contributed by atoms with van der Waals surface area (Å²) in [5, 5.41) is 0. The van der Waals surface area contributed by atoms with Crippen molar-refractivity contribution in [3.63, 3.8) is 0 Å². The molecule has 3 aromatic carbocycles. The number of rotatable bonds is 7. The lowest BCUT2D eigenvalue weighted by Crippen LogP contribution is -1.97. The Hall–Kier alpha value is -3.84. The lowest BCUT2D eigenvalue weighted by atomic mass is 10.1. The minimum absolute atomic E-state index is 0.426. The number of ether oxygens (including phenoxy) is 4. The van der Waals surface area contributed by atoms with E-state index in [0.29, 0.717) is 32.8 Å². The van der Waals surface area contributed by atoms with Crippen molar-refractivity contribution in [1.82, 2.24) is 0 Å². The quantitative estimate of drug-likeness (QED) is 0.367. The van der Waals surface area contributed by atoms with E-state index in [2.05, 4.69) is 4.74 Å². The number of carbonyl (C=O) groups is 1. The Morgan fingerprint density at radius 3 is 2.09 bits per heavy atom. The minimum atomic E-state index is -1.45. The molecule has 3 aromatic rings. The summed E-state index contributed by atoms with van der Waals surface area (Å²) in [6.07, 6.45) is 3.01. The van der Waals surface area contributed by atoms with E-state index in [1.807, 2.05) is 48.5 Å². The van der Waals surface area contributed by atoms with Crippen LogP contribution >= 0.6 is 0 Å². The van der Waals surface area contributed by atoms with Gasteiger partial charge in [0.25, 0.3) is 0 Å². The summed E-state index contributed by atoms with van der Waals surface area (Å²) in [6.45, 7) is 0. The Morgan fingerprint density at radius 2 is 1.45 bits per heavy atom. The molecule has 0 spiro atoms. The van der Waals surface area contributed by atoms with Gasteiger partial charge in [-0.2, -0.15) is 0 Å². The zero-order chi connectivity index (χ0) is 23.4. The molecule has 0 bridgehead atoms. The molecule has 33 heavy (non-hydrogen) atoms. The van der Waals surface area contributed by atoms with E-state index in [4.69, 9.17) is 14.2 Å². The van der Waals surface area contributed by atoms with E-state index in [-0.39, 0.29) is 0 Å². The first-order valence-corrected chi connectivity index (χ1v) is 11.2. The van der Waals surface area contributed by atoms with E-state index in [1.54, 1.807) is 38.5 Å². The number of esters is 1. The van der Waals surface area contributed by atoms with Gasteiger partial charge >= 0.3 is 5.97 Å². The lowest BCUT2D eigenvalue weighted by Gasteiger charge is -2.11. The van der Waals surface area contributed by atoms with Gasteiger partial charge in [0.05, 0.1) is 41.9 Å². The molecule has 6 nitrogen and oxygen atoms in total. The van der Waals surface area contributed by atoms with Crippen molar-refractivity contribution in [2.24, 2.45) is 0 Å². The topological polar surface area (TPSA) is 71.1 Å². The number of fused-ring (bicyclic) bond motifs is 1. The van der Waals surface area contributed by atoms with E-state index < -0.39 is 16.8 Å². The highest BCUT2D eigenvalue weighted by atomic mass is 32.2. The first-order chi connectivity index (χ1) is 16.0. The van der Waals surface area contributed by atoms with Crippen molar-refractivity contribution < 1.29 is 28.0 Å². The Bertz CT molecular complexity index is 1260. The Kier molecular flexibility index (Phi) is 6.60. The number of hydrogen-bond donors (Lipinski definition) is 0. The van der Waals surface area contributed by atoms with E-state index in [0.717, 1.165) is 16.7 Å². The molecule has 0 N–H and O–H groups in total. The second-order valence-electron chi connectivity index (χ2n) is 7.05. The molecule has 0 radical (unpaired) electrons. The van der Waals surface area contributed by atoms with Crippen molar-refractivity contribution in [1.29, 1.82) is 0 Å². The van der Waals surface area contributed by atoms with Crippen LogP contribution in [0.4, 0.5) is 0 Å². The van der Waals surface area contributed by atoms with Crippen LogP contribution in [0.1, 0.15) is 16.7 Å². The van der Waals surface area contributed by atoms with Gasteiger partial charge in [0, 0.05) is 11.6 Å². The average molecular weight is 463 g/mol. The van der Waals surface area contributed by atoms with Crippen LogP contribution in [0.3, 0.4) is 0 Å². The maximum absolute atomic E-state index is 13.5. The fraction of sp³-hybridized carbons (Fsp3) is 0.115. The fourth-order valence-electron chi connectivity index (χ4n) is 3.37. The van der Waals surface area contributed by atoms with Crippen molar-refractivity contribution in [3.05, 3.63) is 89.5 Å². The van der Waals surface area contributed by atoms with Gasteiger partial charge in [-0.1, -0.05) is 12.1 Å². The molecule has 168 valence electrons. The maximum Gasteiger partial charge on any atom is 0.330 e. The summed E-state index contributed by atoms with van der Waals surface area (Å²) in [4.78, 5) is 12.5. The number of methoxy groups -OCH3 is 3. The molecule has 0 saturated carbocycles. The molecule has 0 aromatic heterocycles. The Balaban J connectivity index is 1.72. The third-order valence-corrected chi connectivity index (χ3v) is 6.62. The summed E-state index contributed by atoms with van der Waals surface area (Å²) in [6, 6.07) is 20.0. The average Bonchev–Trinajstić information content (AvgIpc) is 3.13. The molecule has 1 atom stereocenters. The van der Waals surface area contributed by atoms with Crippen LogP contribution in [0.15, 0.2) is 77.7 Å². The summed E-state index contributed by atoms with van der Waals surface area (Å²) >= 11 is 0. The summed E-state index contributed by atoms with van der Waals surface area (Å²) in [5.41, 5.74) is 2.34.